The Labute approximate surface area is 170 Å². The first kappa shape index (κ1) is 18.9. The summed E-state index contributed by atoms with van der Waals surface area (Å²) in [5, 5.41) is 6.06. The number of para-hydroxylation sites is 1. The van der Waals surface area contributed by atoms with Gasteiger partial charge >= 0.3 is 0 Å². The number of nitrogens with one attached hydrogen (secondary N) is 2. The highest BCUT2D eigenvalue weighted by molar-refractivity contribution is 6.09. The van der Waals surface area contributed by atoms with Gasteiger partial charge in [-0.25, -0.2) is 0 Å². The first-order chi connectivity index (χ1) is 14.1. The molecule has 29 heavy (non-hydrogen) atoms. The molecule has 1 aromatic heterocycles. The highest BCUT2D eigenvalue weighted by Crippen LogP contribution is 2.24. The van der Waals surface area contributed by atoms with Gasteiger partial charge in [-0.15, -0.1) is 0 Å². The maximum Gasteiger partial charge on any atom is 0.255 e. The van der Waals surface area contributed by atoms with E-state index in [-0.39, 0.29) is 17.9 Å². The van der Waals surface area contributed by atoms with Gasteiger partial charge in [0.25, 0.3) is 11.8 Å². The monoisotopic (exact) mass is 385 g/mol. The number of hydrogen-bond donors (Lipinski definition) is 2. The number of anilines is 1. The minimum absolute atomic E-state index is 0.0849. The summed E-state index contributed by atoms with van der Waals surface area (Å²) in [6.07, 6.45) is 5.84. The number of aryl methyl sites for hydroxylation is 2. The largest absolute Gasteiger partial charge is 0.349 e. The highest BCUT2D eigenvalue weighted by atomic mass is 16.2. The number of pyridine rings is 1. The Morgan fingerprint density at radius 3 is 2.48 bits per heavy atom. The first-order valence-corrected chi connectivity index (χ1v) is 9.80. The van der Waals surface area contributed by atoms with E-state index in [0.717, 1.165) is 24.8 Å². The van der Waals surface area contributed by atoms with Crippen molar-refractivity contribution in [1.82, 2.24) is 10.3 Å². The van der Waals surface area contributed by atoms with Gasteiger partial charge in [-0.2, -0.15) is 0 Å². The van der Waals surface area contributed by atoms with Crippen LogP contribution in [-0.4, -0.2) is 22.8 Å². The van der Waals surface area contributed by atoms with Crippen LogP contribution in [0, 0.1) is 6.92 Å². The van der Waals surface area contributed by atoms with Crippen molar-refractivity contribution in [1.29, 1.82) is 0 Å². The predicted octanol–water partition coefficient (Wildman–Crippen LogP) is 3.93. The molecule has 2 amide bonds. The van der Waals surface area contributed by atoms with E-state index in [0.29, 0.717) is 16.8 Å². The molecule has 1 unspecified atom stereocenters. The Balaban J connectivity index is 1.52. The molecule has 1 atom stereocenters. The number of nitrogens with zero attached hydrogens (tertiary/aromatic N) is 1. The number of carbonyl (C=O) groups is 2. The number of amides is 2. The minimum atomic E-state index is -0.262. The summed E-state index contributed by atoms with van der Waals surface area (Å²) in [5.41, 5.74) is 5.01. The smallest absolute Gasteiger partial charge is 0.255 e. The Morgan fingerprint density at radius 1 is 0.931 bits per heavy atom. The molecule has 2 N–H and O–H groups in total. The van der Waals surface area contributed by atoms with Gasteiger partial charge in [-0.3, -0.25) is 14.6 Å². The number of benzene rings is 2. The van der Waals surface area contributed by atoms with Crippen molar-refractivity contribution < 1.29 is 9.59 Å². The lowest BCUT2D eigenvalue weighted by atomic mass is 9.88. The van der Waals surface area contributed by atoms with Crippen LogP contribution in [0.3, 0.4) is 0 Å². The van der Waals surface area contributed by atoms with Crippen LogP contribution in [0.4, 0.5) is 5.69 Å². The molecule has 0 fully saturated rings. The van der Waals surface area contributed by atoms with Gasteiger partial charge in [0, 0.05) is 24.0 Å². The zero-order valence-corrected chi connectivity index (χ0v) is 16.3. The molecule has 0 aliphatic heterocycles. The second kappa shape index (κ2) is 8.27. The second-order valence-corrected chi connectivity index (χ2v) is 7.37. The van der Waals surface area contributed by atoms with Crippen LogP contribution in [0.1, 0.15) is 43.8 Å². The number of hydrogen-bond acceptors (Lipinski definition) is 3. The van der Waals surface area contributed by atoms with Gasteiger partial charge in [-0.1, -0.05) is 36.4 Å². The molecule has 0 bridgehead atoms. The molecular formula is C24H23N3O2. The lowest BCUT2D eigenvalue weighted by Gasteiger charge is -2.26. The van der Waals surface area contributed by atoms with Gasteiger partial charge in [0.05, 0.1) is 11.3 Å². The van der Waals surface area contributed by atoms with Crippen LogP contribution in [0.25, 0.3) is 0 Å². The van der Waals surface area contributed by atoms with Crippen LogP contribution >= 0.6 is 0 Å². The average molecular weight is 385 g/mol. The molecule has 5 heteroatoms. The molecule has 2 aromatic carbocycles. The third-order valence-corrected chi connectivity index (χ3v) is 5.38. The van der Waals surface area contributed by atoms with Crippen LogP contribution < -0.4 is 10.6 Å². The molecule has 0 radical (unpaired) electrons. The average Bonchev–Trinajstić information content (AvgIpc) is 2.75. The van der Waals surface area contributed by atoms with Gasteiger partial charge in [0.15, 0.2) is 0 Å². The summed E-state index contributed by atoms with van der Waals surface area (Å²) in [6, 6.07) is 17.2. The quantitative estimate of drug-likeness (QED) is 0.715. The molecule has 1 aliphatic carbocycles. The lowest BCUT2D eigenvalue weighted by molar-refractivity contribution is 0.0934. The lowest BCUT2D eigenvalue weighted by Crippen LogP contribution is -2.39. The van der Waals surface area contributed by atoms with Gasteiger partial charge in [0.1, 0.15) is 0 Å². The maximum absolute atomic E-state index is 13.0. The van der Waals surface area contributed by atoms with Crippen molar-refractivity contribution in [3.05, 3.63) is 94.8 Å². The van der Waals surface area contributed by atoms with Crippen LogP contribution in [0.2, 0.25) is 0 Å². The van der Waals surface area contributed by atoms with Crippen molar-refractivity contribution in [2.75, 3.05) is 5.32 Å². The molecule has 5 nitrogen and oxygen atoms in total. The summed E-state index contributed by atoms with van der Waals surface area (Å²) in [6.45, 7) is 1.88. The fourth-order valence-corrected chi connectivity index (χ4v) is 3.80. The molecule has 0 saturated carbocycles. The fourth-order valence-electron chi connectivity index (χ4n) is 3.80. The summed E-state index contributed by atoms with van der Waals surface area (Å²) >= 11 is 0. The molecule has 0 saturated heterocycles. The van der Waals surface area contributed by atoms with Gasteiger partial charge in [-0.05, 0) is 61.1 Å². The Bertz CT molecular complexity index is 1050. The molecule has 146 valence electrons. The Kier molecular flexibility index (Phi) is 5.38. The van der Waals surface area contributed by atoms with E-state index in [1.54, 1.807) is 30.6 Å². The highest BCUT2D eigenvalue weighted by Gasteiger charge is 2.22. The molecular weight excluding hydrogens is 362 g/mol. The zero-order valence-electron chi connectivity index (χ0n) is 16.3. The molecule has 0 spiro atoms. The van der Waals surface area contributed by atoms with Crippen molar-refractivity contribution in [3.63, 3.8) is 0 Å². The SMILES string of the molecule is Cc1cccc(C(=O)NC2CCc3ccccc3C2)c1NC(=O)c1ccncc1. The third kappa shape index (κ3) is 4.19. The maximum atomic E-state index is 13.0. The zero-order chi connectivity index (χ0) is 20.2. The second-order valence-electron chi connectivity index (χ2n) is 7.37. The molecule has 1 aliphatic rings. The number of carbonyl (C=O) groups excluding carboxylic acids is 2. The first-order valence-electron chi connectivity index (χ1n) is 9.80. The van der Waals surface area contributed by atoms with Crippen molar-refractivity contribution in [2.45, 2.75) is 32.2 Å². The van der Waals surface area contributed by atoms with E-state index < -0.39 is 0 Å². The minimum Gasteiger partial charge on any atom is -0.349 e. The van der Waals surface area contributed by atoms with E-state index in [2.05, 4.69) is 33.8 Å². The Hall–Kier alpha value is -3.47. The Morgan fingerprint density at radius 2 is 1.69 bits per heavy atom. The molecule has 4 rings (SSSR count). The summed E-state index contributed by atoms with van der Waals surface area (Å²) in [7, 11) is 0. The number of aromatic nitrogens is 1. The fraction of sp³-hybridized carbons (Fsp3) is 0.208. The standard InChI is InChI=1S/C24H23N3O2/c1-16-5-4-8-21(22(16)27-23(28)18-11-13-25-14-12-18)24(29)26-20-10-9-17-6-2-3-7-19(17)15-20/h2-8,11-14,20H,9-10,15H2,1H3,(H,26,29)(H,27,28). The van der Waals surface area contributed by atoms with Crippen LogP contribution in [0.15, 0.2) is 67.0 Å². The number of rotatable bonds is 4. The van der Waals surface area contributed by atoms with E-state index in [1.807, 2.05) is 25.1 Å². The predicted molar refractivity (Wildman–Crippen MR) is 113 cm³/mol. The molecule has 1 heterocycles. The van der Waals surface area contributed by atoms with E-state index in [1.165, 1.54) is 11.1 Å². The number of fused-ring (bicyclic) bond motifs is 1. The topological polar surface area (TPSA) is 71.1 Å². The summed E-state index contributed by atoms with van der Waals surface area (Å²) in [5.74, 6) is -0.426. The van der Waals surface area contributed by atoms with Crippen LogP contribution in [-0.2, 0) is 12.8 Å². The summed E-state index contributed by atoms with van der Waals surface area (Å²) < 4.78 is 0. The summed E-state index contributed by atoms with van der Waals surface area (Å²) in [4.78, 5) is 29.6. The van der Waals surface area contributed by atoms with E-state index in [9.17, 15) is 9.59 Å². The van der Waals surface area contributed by atoms with Gasteiger partial charge in [0.2, 0.25) is 0 Å². The van der Waals surface area contributed by atoms with E-state index in [4.69, 9.17) is 0 Å². The van der Waals surface area contributed by atoms with Gasteiger partial charge < -0.3 is 10.6 Å². The van der Waals surface area contributed by atoms with Crippen molar-refractivity contribution in [2.24, 2.45) is 0 Å². The van der Waals surface area contributed by atoms with Crippen molar-refractivity contribution in [3.8, 4) is 0 Å². The van der Waals surface area contributed by atoms with Crippen molar-refractivity contribution >= 4 is 17.5 Å². The third-order valence-electron chi connectivity index (χ3n) is 5.38. The van der Waals surface area contributed by atoms with Crippen LogP contribution in [0.5, 0.6) is 0 Å². The van der Waals surface area contributed by atoms with E-state index >= 15 is 0 Å². The molecule has 3 aromatic rings. The normalized spacial score (nSPS) is 15.3.